The fourth-order valence-corrected chi connectivity index (χ4v) is 0.946. The topological polar surface area (TPSA) is 79.3 Å². The first-order valence-electron chi connectivity index (χ1n) is 4.04. The van der Waals surface area contributed by atoms with E-state index in [1.165, 1.54) is 0 Å². The van der Waals surface area contributed by atoms with Crippen molar-refractivity contribution in [3.63, 3.8) is 0 Å². The number of nitrogens with zero attached hydrogens (tertiary/aromatic N) is 2. The molecule has 0 aliphatic rings. The van der Waals surface area contributed by atoms with Crippen LogP contribution < -0.4 is 9.47 Å². The van der Waals surface area contributed by atoms with Crippen molar-refractivity contribution in [1.29, 1.82) is 0 Å². The van der Waals surface area contributed by atoms with E-state index in [1.54, 1.807) is 13.8 Å². The van der Waals surface area contributed by atoms with Crippen molar-refractivity contribution in [2.45, 2.75) is 20.0 Å². The lowest BCUT2D eigenvalue weighted by molar-refractivity contribution is -0.606. The molecule has 0 spiro atoms. The Morgan fingerprint density at radius 1 is 1.57 bits per heavy atom. The molecule has 0 aliphatic carbocycles. The lowest BCUT2D eigenvalue weighted by Crippen LogP contribution is -2.25. The summed E-state index contributed by atoms with van der Waals surface area (Å²) >= 11 is 0. The van der Waals surface area contributed by atoms with Gasteiger partial charge in [-0.15, -0.1) is 0 Å². The monoisotopic (exact) mass is 198 g/mol. The Bertz CT molecular complexity index is 351. The maximum atomic E-state index is 10.9. The van der Waals surface area contributed by atoms with E-state index in [2.05, 4.69) is 0 Å². The van der Waals surface area contributed by atoms with Gasteiger partial charge < -0.3 is 9.94 Å². The van der Waals surface area contributed by atoms with E-state index in [4.69, 9.17) is 4.74 Å². The number of rotatable bonds is 3. The molecule has 6 heteroatoms. The molecule has 0 amide bonds. The summed E-state index contributed by atoms with van der Waals surface area (Å²) in [6, 6.07) is 1.12. The van der Waals surface area contributed by atoms with Crippen LogP contribution >= 0.6 is 0 Å². The minimum atomic E-state index is -0.586. The van der Waals surface area contributed by atoms with Gasteiger partial charge in [-0.25, -0.2) is 0 Å². The molecule has 0 saturated heterocycles. The zero-order valence-corrected chi connectivity index (χ0v) is 7.84. The highest BCUT2D eigenvalue weighted by atomic mass is 16.6. The zero-order chi connectivity index (χ0) is 10.7. The smallest absolute Gasteiger partial charge is 0.323 e. The Morgan fingerprint density at radius 3 is 2.71 bits per heavy atom. The highest BCUT2D eigenvalue weighted by molar-refractivity contribution is 5.41. The van der Waals surface area contributed by atoms with Crippen molar-refractivity contribution in [2.24, 2.45) is 0 Å². The Hall–Kier alpha value is -1.85. The van der Waals surface area contributed by atoms with Crippen molar-refractivity contribution in [2.75, 3.05) is 0 Å². The molecule has 0 unspecified atom stereocenters. The van der Waals surface area contributed by atoms with Gasteiger partial charge in [0.15, 0.2) is 6.20 Å². The summed E-state index contributed by atoms with van der Waals surface area (Å²) in [5.41, 5.74) is -0.203. The van der Waals surface area contributed by atoms with Gasteiger partial charge in [-0.05, 0) is 13.8 Å². The molecule has 0 bridgehead atoms. The van der Waals surface area contributed by atoms with Crippen molar-refractivity contribution < 1.29 is 14.4 Å². The Balaban J connectivity index is 3.09. The molecule has 0 N–H and O–H groups in total. The maximum Gasteiger partial charge on any atom is 0.323 e. The fraction of sp³-hybridized carbons (Fsp3) is 0.375. The minimum Gasteiger partial charge on any atom is -0.619 e. The molecule has 1 aromatic rings. The van der Waals surface area contributed by atoms with E-state index in [1.807, 2.05) is 0 Å². The highest BCUT2D eigenvalue weighted by Crippen LogP contribution is 2.24. The van der Waals surface area contributed by atoms with Crippen LogP contribution in [0, 0.1) is 15.3 Å². The maximum absolute atomic E-state index is 10.9. The fourth-order valence-electron chi connectivity index (χ4n) is 0.946. The Kier molecular flexibility index (Phi) is 2.85. The number of nitro groups is 1. The van der Waals surface area contributed by atoms with Crippen molar-refractivity contribution >= 4 is 5.69 Å². The first-order chi connectivity index (χ1) is 6.50. The first kappa shape index (κ1) is 10.2. The second kappa shape index (κ2) is 3.91. The molecule has 0 aliphatic heterocycles. The third kappa shape index (κ3) is 2.32. The molecule has 76 valence electrons. The number of ether oxygens (including phenoxy) is 1. The van der Waals surface area contributed by atoms with Gasteiger partial charge in [0.05, 0.1) is 17.1 Å². The SMILES string of the molecule is CC(C)Oc1c[n+]([O-])ccc1[N+](=O)[O-]. The molecule has 0 aromatic carbocycles. The standard InChI is InChI=1S/C8H10N2O4/c1-6(2)14-8-5-9(11)4-3-7(8)10(12)13/h3-6H,1-2H3. The summed E-state index contributed by atoms with van der Waals surface area (Å²) in [4.78, 5) is 9.94. The molecule has 0 radical (unpaired) electrons. The number of hydrogen-bond donors (Lipinski definition) is 0. The summed E-state index contributed by atoms with van der Waals surface area (Å²) in [6.45, 7) is 3.46. The van der Waals surface area contributed by atoms with E-state index in [0.717, 1.165) is 18.5 Å². The molecular weight excluding hydrogens is 188 g/mol. The third-order valence-electron chi connectivity index (χ3n) is 1.44. The average molecular weight is 198 g/mol. The molecule has 14 heavy (non-hydrogen) atoms. The first-order valence-corrected chi connectivity index (χ1v) is 4.04. The third-order valence-corrected chi connectivity index (χ3v) is 1.44. The van der Waals surface area contributed by atoms with Gasteiger partial charge >= 0.3 is 5.69 Å². The van der Waals surface area contributed by atoms with Crippen LogP contribution in [0.1, 0.15) is 13.8 Å². The van der Waals surface area contributed by atoms with E-state index in [9.17, 15) is 15.3 Å². The summed E-state index contributed by atoms with van der Waals surface area (Å²) < 4.78 is 5.59. The summed E-state index contributed by atoms with van der Waals surface area (Å²) in [5.74, 6) is -0.0116. The quantitative estimate of drug-likeness (QED) is 0.314. The van der Waals surface area contributed by atoms with Crippen LogP contribution in [0.15, 0.2) is 18.5 Å². The van der Waals surface area contributed by atoms with Gasteiger partial charge in [0.2, 0.25) is 6.20 Å². The van der Waals surface area contributed by atoms with Gasteiger partial charge in [-0.2, -0.15) is 4.73 Å². The second-order valence-corrected chi connectivity index (χ2v) is 2.98. The Labute approximate surface area is 80.5 Å². The average Bonchev–Trinajstić information content (AvgIpc) is 2.01. The number of aromatic nitrogens is 1. The van der Waals surface area contributed by atoms with E-state index in [-0.39, 0.29) is 17.5 Å². The number of hydrogen-bond acceptors (Lipinski definition) is 4. The summed E-state index contributed by atoms with van der Waals surface area (Å²) in [7, 11) is 0. The van der Waals surface area contributed by atoms with E-state index in [0.29, 0.717) is 4.73 Å². The highest BCUT2D eigenvalue weighted by Gasteiger charge is 2.19. The van der Waals surface area contributed by atoms with Gasteiger partial charge in [-0.1, -0.05) is 0 Å². The van der Waals surface area contributed by atoms with Crippen LogP contribution in [-0.4, -0.2) is 11.0 Å². The molecular formula is C8H10N2O4. The second-order valence-electron chi connectivity index (χ2n) is 2.98. The summed E-state index contributed by atoms with van der Waals surface area (Å²) in [6.07, 6.45) is 1.89. The van der Waals surface area contributed by atoms with Gasteiger partial charge in [0.1, 0.15) is 0 Å². The molecule has 0 atom stereocenters. The Morgan fingerprint density at radius 2 is 2.21 bits per heavy atom. The molecule has 6 nitrogen and oxygen atoms in total. The largest absolute Gasteiger partial charge is 0.619 e. The lowest BCUT2D eigenvalue weighted by Gasteiger charge is -2.08. The van der Waals surface area contributed by atoms with Gasteiger partial charge in [0, 0.05) is 0 Å². The molecule has 1 aromatic heterocycles. The molecule has 0 fully saturated rings. The van der Waals surface area contributed by atoms with Crippen LogP contribution in [0.4, 0.5) is 5.69 Å². The molecule has 1 heterocycles. The molecule has 0 saturated carbocycles. The van der Waals surface area contributed by atoms with Crippen molar-refractivity contribution in [3.8, 4) is 5.75 Å². The van der Waals surface area contributed by atoms with Crippen LogP contribution in [0.25, 0.3) is 0 Å². The zero-order valence-electron chi connectivity index (χ0n) is 7.84. The van der Waals surface area contributed by atoms with E-state index >= 15 is 0 Å². The van der Waals surface area contributed by atoms with Crippen LogP contribution in [0.3, 0.4) is 0 Å². The number of pyridine rings is 1. The van der Waals surface area contributed by atoms with Crippen molar-refractivity contribution in [1.82, 2.24) is 0 Å². The van der Waals surface area contributed by atoms with Gasteiger partial charge in [-0.3, -0.25) is 10.1 Å². The normalized spacial score (nSPS) is 10.2. The summed E-state index contributed by atoms with van der Waals surface area (Å²) in [5, 5.41) is 21.4. The van der Waals surface area contributed by atoms with Crippen LogP contribution in [0.5, 0.6) is 5.75 Å². The predicted molar refractivity (Wildman–Crippen MR) is 47.8 cm³/mol. The van der Waals surface area contributed by atoms with Crippen molar-refractivity contribution in [3.05, 3.63) is 33.8 Å². The van der Waals surface area contributed by atoms with E-state index < -0.39 is 4.92 Å². The lowest BCUT2D eigenvalue weighted by atomic mass is 10.4. The molecule has 1 rings (SSSR count). The van der Waals surface area contributed by atoms with Crippen LogP contribution in [-0.2, 0) is 0 Å². The minimum absolute atomic E-state index is 0.0116. The van der Waals surface area contributed by atoms with Gasteiger partial charge in [0.25, 0.3) is 5.75 Å². The predicted octanol–water partition coefficient (Wildman–Crippen LogP) is 1.02. The van der Waals surface area contributed by atoms with Crippen LogP contribution in [0.2, 0.25) is 0 Å².